The molecule has 0 aromatic heterocycles. The average Bonchev–Trinajstić information content (AvgIpc) is 2.27. The molecule has 0 bridgehead atoms. The van der Waals surface area contributed by atoms with E-state index in [1.807, 2.05) is 0 Å². The largest absolute Gasteiger partial charge is 0.389 e. The highest BCUT2D eigenvalue weighted by Crippen LogP contribution is 2.03. The maximum atomic E-state index is 10.4. The molecule has 6 nitrogen and oxygen atoms in total. The van der Waals surface area contributed by atoms with Gasteiger partial charge in [0.15, 0.2) is 0 Å². The topological polar surface area (TPSA) is 96.6 Å². The molecule has 0 aliphatic heterocycles. The van der Waals surface area contributed by atoms with Crippen LogP contribution in [0.2, 0.25) is 0 Å². The summed E-state index contributed by atoms with van der Waals surface area (Å²) < 4.78 is 5.36. The Kier molecular flexibility index (Phi) is 10.7. The van der Waals surface area contributed by atoms with Gasteiger partial charge in [-0.15, -0.1) is 0 Å². The third-order valence-corrected chi connectivity index (χ3v) is 2.36. The number of amides is 2. The van der Waals surface area contributed by atoms with E-state index in [4.69, 9.17) is 10.5 Å². The number of hydrogen-bond donors (Lipinski definition) is 4. The minimum Gasteiger partial charge on any atom is -0.389 e. The van der Waals surface area contributed by atoms with Crippen LogP contribution < -0.4 is 16.4 Å². The number of nitrogens with one attached hydrogen (secondary N) is 2. The minimum atomic E-state index is -0.536. The first-order valence-electron chi connectivity index (χ1n) is 6.52. The molecule has 0 spiro atoms. The summed E-state index contributed by atoms with van der Waals surface area (Å²) in [7, 11) is 0. The molecule has 0 aliphatic carbocycles. The highest BCUT2D eigenvalue weighted by atomic mass is 16.5. The zero-order chi connectivity index (χ0) is 13.8. The molecule has 0 rings (SSSR count). The molecular weight excluding hydrogens is 234 g/mol. The number of aliphatic hydroxyl groups excluding tert-OH is 1. The maximum Gasteiger partial charge on any atom is 0.312 e. The number of aliphatic hydroxyl groups is 1. The summed E-state index contributed by atoms with van der Waals surface area (Å²) in [6, 6.07) is -0.536. The lowest BCUT2D eigenvalue weighted by Gasteiger charge is -2.12. The molecule has 108 valence electrons. The third kappa shape index (κ3) is 13.2. The van der Waals surface area contributed by atoms with Gasteiger partial charge in [-0.3, -0.25) is 0 Å². The van der Waals surface area contributed by atoms with Gasteiger partial charge in [-0.25, -0.2) is 4.79 Å². The fraction of sp³-hybridized carbons (Fsp3) is 0.917. The van der Waals surface area contributed by atoms with Gasteiger partial charge in [0, 0.05) is 26.2 Å². The van der Waals surface area contributed by atoms with Gasteiger partial charge in [0.05, 0.1) is 12.7 Å². The predicted molar refractivity (Wildman–Crippen MR) is 71.4 cm³/mol. The standard InChI is InChI=1S/C12H27N3O3/c1-10(2)4-3-7-18-9-11(16)8-14-5-6-15-12(13)17/h10-11,14,16H,3-9H2,1-2H3,(H3,13,15,17). The van der Waals surface area contributed by atoms with Crippen LogP contribution in [0.15, 0.2) is 0 Å². The van der Waals surface area contributed by atoms with E-state index in [1.54, 1.807) is 0 Å². The van der Waals surface area contributed by atoms with Gasteiger partial charge in [0.25, 0.3) is 0 Å². The van der Waals surface area contributed by atoms with Gasteiger partial charge < -0.3 is 26.2 Å². The molecule has 0 saturated heterocycles. The van der Waals surface area contributed by atoms with Crippen molar-refractivity contribution >= 4 is 6.03 Å². The maximum absolute atomic E-state index is 10.4. The van der Waals surface area contributed by atoms with Gasteiger partial charge >= 0.3 is 6.03 Å². The molecule has 0 aromatic rings. The molecule has 6 heteroatoms. The average molecular weight is 261 g/mol. The number of hydrogen-bond acceptors (Lipinski definition) is 4. The lowest BCUT2D eigenvalue weighted by Crippen LogP contribution is -2.38. The molecule has 1 unspecified atom stereocenters. The normalized spacial score (nSPS) is 12.7. The van der Waals surface area contributed by atoms with Crippen LogP contribution in [-0.4, -0.2) is 50.1 Å². The summed E-state index contributed by atoms with van der Waals surface area (Å²) in [5.41, 5.74) is 4.90. The SMILES string of the molecule is CC(C)CCCOCC(O)CNCCNC(N)=O. The van der Waals surface area contributed by atoms with Crippen molar-refractivity contribution in [3.8, 4) is 0 Å². The summed E-state index contributed by atoms with van der Waals surface area (Å²) in [5, 5.41) is 15.0. The van der Waals surface area contributed by atoms with E-state index in [2.05, 4.69) is 24.5 Å². The molecule has 0 aromatic carbocycles. The lowest BCUT2D eigenvalue weighted by atomic mass is 10.1. The number of carbonyl (C=O) groups excluding carboxylic acids is 1. The molecule has 0 radical (unpaired) electrons. The Balaban J connectivity index is 3.22. The highest BCUT2D eigenvalue weighted by Gasteiger charge is 2.03. The molecule has 0 saturated carbocycles. The molecule has 18 heavy (non-hydrogen) atoms. The molecular formula is C12H27N3O3. The lowest BCUT2D eigenvalue weighted by molar-refractivity contribution is 0.0349. The Bertz CT molecular complexity index is 213. The van der Waals surface area contributed by atoms with Crippen LogP contribution in [0.1, 0.15) is 26.7 Å². The van der Waals surface area contributed by atoms with E-state index in [1.165, 1.54) is 0 Å². The van der Waals surface area contributed by atoms with Gasteiger partial charge in [0.1, 0.15) is 0 Å². The van der Waals surface area contributed by atoms with Crippen molar-refractivity contribution in [2.45, 2.75) is 32.8 Å². The zero-order valence-corrected chi connectivity index (χ0v) is 11.4. The fourth-order valence-corrected chi connectivity index (χ4v) is 1.41. The Morgan fingerprint density at radius 2 is 2.11 bits per heavy atom. The van der Waals surface area contributed by atoms with Crippen molar-refractivity contribution in [2.75, 3.05) is 32.8 Å². The van der Waals surface area contributed by atoms with Crippen LogP contribution in [0.3, 0.4) is 0 Å². The van der Waals surface area contributed by atoms with Gasteiger partial charge in [0.2, 0.25) is 0 Å². The van der Waals surface area contributed by atoms with Crippen molar-refractivity contribution in [1.82, 2.24) is 10.6 Å². The van der Waals surface area contributed by atoms with Gasteiger partial charge in [-0.05, 0) is 18.8 Å². The summed E-state index contributed by atoms with van der Waals surface area (Å²) in [6.45, 7) is 6.87. The highest BCUT2D eigenvalue weighted by molar-refractivity contribution is 5.71. The number of nitrogens with two attached hydrogens (primary N) is 1. The van der Waals surface area contributed by atoms with E-state index in [0.29, 0.717) is 38.8 Å². The van der Waals surface area contributed by atoms with E-state index in [-0.39, 0.29) is 0 Å². The quantitative estimate of drug-likeness (QED) is 0.395. The first kappa shape index (κ1) is 17.2. The van der Waals surface area contributed by atoms with Crippen LogP contribution in [0.25, 0.3) is 0 Å². The number of urea groups is 1. The first-order valence-corrected chi connectivity index (χ1v) is 6.52. The first-order chi connectivity index (χ1) is 8.52. The van der Waals surface area contributed by atoms with Crippen LogP contribution in [0.5, 0.6) is 0 Å². The number of carbonyl (C=O) groups is 1. The molecule has 5 N–H and O–H groups in total. The van der Waals surface area contributed by atoms with E-state index in [0.717, 1.165) is 12.8 Å². The van der Waals surface area contributed by atoms with Crippen molar-refractivity contribution in [2.24, 2.45) is 11.7 Å². The molecule has 0 fully saturated rings. The molecule has 0 heterocycles. The Hall–Kier alpha value is -0.850. The van der Waals surface area contributed by atoms with Gasteiger partial charge in [-0.1, -0.05) is 13.8 Å². The molecule has 1 atom stereocenters. The Morgan fingerprint density at radius 1 is 1.39 bits per heavy atom. The summed E-state index contributed by atoms with van der Waals surface area (Å²) in [4.78, 5) is 10.4. The number of primary amides is 1. The summed E-state index contributed by atoms with van der Waals surface area (Å²) >= 11 is 0. The second-order valence-electron chi connectivity index (χ2n) is 4.76. The van der Waals surface area contributed by atoms with Crippen LogP contribution >= 0.6 is 0 Å². The van der Waals surface area contributed by atoms with Crippen molar-refractivity contribution in [3.05, 3.63) is 0 Å². The second-order valence-corrected chi connectivity index (χ2v) is 4.76. The van der Waals surface area contributed by atoms with Crippen LogP contribution in [0.4, 0.5) is 4.79 Å². The Labute approximate surface area is 109 Å². The predicted octanol–water partition coefficient (Wildman–Crippen LogP) is 0.0580. The van der Waals surface area contributed by atoms with Crippen molar-refractivity contribution < 1.29 is 14.6 Å². The molecule has 0 aliphatic rings. The van der Waals surface area contributed by atoms with E-state index < -0.39 is 12.1 Å². The summed E-state index contributed by atoms with van der Waals surface area (Å²) in [6.07, 6.45) is 1.66. The smallest absolute Gasteiger partial charge is 0.312 e. The minimum absolute atomic E-state index is 0.342. The van der Waals surface area contributed by atoms with Gasteiger partial charge in [-0.2, -0.15) is 0 Å². The second kappa shape index (κ2) is 11.3. The molecule has 2 amide bonds. The number of ether oxygens (including phenoxy) is 1. The van der Waals surface area contributed by atoms with Crippen molar-refractivity contribution in [3.63, 3.8) is 0 Å². The zero-order valence-electron chi connectivity index (χ0n) is 11.4. The fourth-order valence-electron chi connectivity index (χ4n) is 1.41. The van der Waals surface area contributed by atoms with E-state index in [9.17, 15) is 9.90 Å². The van der Waals surface area contributed by atoms with Crippen LogP contribution in [-0.2, 0) is 4.74 Å². The summed E-state index contributed by atoms with van der Waals surface area (Å²) in [5.74, 6) is 0.693. The third-order valence-electron chi connectivity index (χ3n) is 2.36. The van der Waals surface area contributed by atoms with E-state index >= 15 is 0 Å². The van der Waals surface area contributed by atoms with Crippen LogP contribution in [0, 0.1) is 5.92 Å². The monoisotopic (exact) mass is 261 g/mol. The number of rotatable bonds is 11. The van der Waals surface area contributed by atoms with Crippen molar-refractivity contribution in [1.29, 1.82) is 0 Å². The Morgan fingerprint density at radius 3 is 2.72 bits per heavy atom.